The number of rotatable bonds is 12. The molecule has 0 aliphatic rings. The topological polar surface area (TPSA) is 55.4 Å². The van der Waals surface area contributed by atoms with Crippen LogP contribution in [0.15, 0.2) is 0 Å². The van der Waals surface area contributed by atoms with Crippen LogP contribution in [0, 0.1) is 11.1 Å². The molecular weight excluding hydrogens is 392 g/mol. The van der Waals surface area contributed by atoms with Crippen molar-refractivity contribution in [2.45, 2.75) is 120 Å². The Morgan fingerprint density at radius 2 is 0.500 bits per heavy atom. The lowest BCUT2D eigenvalue weighted by Crippen LogP contribution is -2.53. The fourth-order valence-electron chi connectivity index (χ4n) is 2.36. The summed E-state index contributed by atoms with van der Waals surface area (Å²) in [5.74, 6) is 0. The van der Waals surface area contributed by atoms with Gasteiger partial charge in [-0.2, -0.15) is 0 Å². The second kappa shape index (κ2) is 12.4. The van der Waals surface area contributed by atoms with Crippen molar-refractivity contribution in [3.8, 4) is 11.1 Å². The van der Waals surface area contributed by atoms with Gasteiger partial charge in [-0.15, -0.1) is 0 Å². The van der Waals surface area contributed by atoms with Crippen molar-refractivity contribution >= 4 is 17.6 Å². The molecule has 0 rings (SSSR count). The predicted molar refractivity (Wildman–Crippen MR) is 117 cm³/mol. The molecule has 0 spiro atoms. The fourth-order valence-corrected chi connectivity index (χ4v) is 7.99. The summed E-state index contributed by atoms with van der Waals surface area (Å²) in [6, 6.07) is 0. The van der Waals surface area contributed by atoms with Gasteiger partial charge in [-0.25, -0.2) is 0 Å². The average Bonchev–Trinajstić information content (AvgIpc) is 2.40. The van der Waals surface area contributed by atoms with Crippen LogP contribution in [-0.2, 0) is 26.6 Å². The van der Waals surface area contributed by atoms with E-state index in [4.69, 9.17) is 26.6 Å². The molecule has 6 nitrogen and oxygen atoms in total. The fraction of sp³-hybridized carbons (Fsp3) is 0.900. The van der Waals surface area contributed by atoms with Gasteiger partial charge in [0.2, 0.25) is 0 Å². The molecule has 0 unspecified atom stereocenters. The molecule has 0 aliphatic heterocycles. The standard InChI is InChI=1S/C20H42O6Si2/c1-15(2)21-27(22-16(3)4,23-17(5)6)13-14-28(24-18(7)8,25-19(9)10)26-20(11)12/h15-20H,1-12H3. The maximum atomic E-state index is 6.15. The van der Waals surface area contributed by atoms with Crippen molar-refractivity contribution in [2.24, 2.45) is 0 Å². The van der Waals surface area contributed by atoms with E-state index < -0.39 is 17.6 Å². The van der Waals surface area contributed by atoms with Gasteiger partial charge in [0.25, 0.3) is 0 Å². The maximum Gasteiger partial charge on any atom is 0.591 e. The van der Waals surface area contributed by atoms with Gasteiger partial charge in [-0.1, -0.05) is 0 Å². The Hall–Kier alpha value is -0.246. The second-order valence-corrected chi connectivity index (χ2v) is 12.5. The van der Waals surface area contributed by atoms with Gasteiger partial charge in [0.1, 0.15) is 0 Å². The molecule has 0 amide bonds. The molecule has 28 heavy (non-hydrogen) atoms. The van der Waals surface area contributed by atoms with Crippen LogP contribution in [0.1, 0.15) is 83.1 Å². The first-order chi connectivity index (χ1) is 12.7. The molecule has 0 bridgehead atoms. The largest absolute Gasteiger partial charge is 0.591 e. The van der Waals surface area contributed by atoms with E-state index in [1.807, 2.05) is 83.1 Å². The second-order valence-electron chi connectivity index (χ2n) is 8.36. The van der Waals surface area contributed by atoms with Crippen LogP contribution in [0.25, 0.3) is 0 Å². The zero-order chi connectivity index (χ0) is 22.1. The highest BCUT2D eigenvalue weighted by Crippen LogP contribution is 2.20. The molecular formula is C20H42O6Si2. The van der Waals surface area contributed by atoms with Crippen molar-refractivity contribution in [1.82, 2.24) is 0 Å². The normalized spacial score (nSPS) is 13.4. The molecule has 8 heteroatoms. The highest BCUT2D eigenvalue weighted by Gasteiger charge is 2.48. The summed E-state index contributed by atoms with van der Waals surface area (Å²) in [5, 5.41) is 0. The van der Waals surface area contributed by atoms with Crippen LogP contribution in [0.5, 0.6) is 0 Å². The van der Waals surface area contributed by atoms with Crippen molar-refractivity contribution in [3.63, 3.8) is 0 Å². The first kappa shape index (κ1) is 27.8. The Morgan fingerprint density at radius 3 is 0.607 bits per heavy atom. The van der Waals surface area contributed by atoms with Crippen molar-refractivity contribution in [2.75, 3.05) is 0 Å². The molecule has 166 valence electrons. The van der Waals surface area contributed by atoms with Crippen LogP contribution in [-0.4, -0.2) is 54.2 Å². The van der Waals surface area contributed by atoms with Gasteiger partial charge in [0.15, 0.2) is 0 Å². The Balaban J connectivity index is 6.31. The molecule has 0 fully saturated rings. The van der Waals surface area contributed by atoms with Gasteiger partial charge < -0.3 is 26.6 Å². The summed E-state index contributed by atoms with van der Waals surface area (Å²) in [6.07, 6.45) is -0.597. The van der Waals surface area contributed by atoms with Crippen molar-refractivity contribution < 1.29 is 26.6 Å². The summed E-state index contributed by atoms with van der Waals surface area (Å²) >= 11 is 0. The quantitative estimate of drug-likeness (QED) is 0.333. The Labute approximate surface area is 175 Å². The highest BCUT2D eigenvalue weighted by atomic mass is 28.4. The molecule has 0 saturated heterocycles. The molecule has 0 heterocycles. The van der Waals surface area contributed by atoms with E-state index in [1.165, 1.54) is 0 Å². The molecule has 0 aromatic carbocycles. The molecule has 0 aromatic rings. The lowest BCUT2D eigenvalue weighted by molar-refractivity contribution is 0.0125. The first-order valence-electron chi connectivity index (χ1n) is 10.3. The molecule has 0 aromatic heterocycles. The molecule has 0 radical (unpaired) electrons. The first-order valence-corrected chi connectivity index (χ1v) is 13.8. The van der Waals surface area contributed by atoms with Crippen LogP contribution in [0.4, 0.5) is 0 Å². The zero-order valence-electron chi connectivity index (χ0n) is 19.9. The van der Waals surface area contributed by atoms with Gasteiger partial charge in [-0.3, -0.25) is 0 Å². The van der Waals surface area contributed by atoms with Crippen LogP contribution in [0.3, 0.4) is 0 Å². The minimum Gasteiger partial charge on any atom is -0.361 e. The Morgan fingerprint density at radius 1 is 0.357 bits per heavy atom. The van der Waals surface area contributed by atoms with E-state index in [0.29, 0.717) is 0 Å². The van der Waals surface area contributed by atoms with E-state index >= 15 is 0 Å². The van der Waals surface area contributed by atoms with Gasteiger partial charge in [0, 0.05) is 36.6 Å². The average molecular weight is 435 g/mol. The lowest BCUT2D eigenvalue weighted by atomic mass is 10.5. The van der Waals surface area contributed by atoms with Crippen LogP contribution in [0.2, 0.25) is 0 Å². The van der Waals surface area contributed by atoms with E-state index in [2.05, 4.69) is 11.1 Å². The van der Waals surface area contributed by atoms with E-state index in [9.17, 15) is 0 Å². The SMILES string of the molecule is CC(C)O[Si](C#C[Si](OC(C)C)(OC(C)C)OC(C)C)(OC(C)C)OC(C)C. The van der Waals surface area contributed by atoms with Gasteiger partial charge in [-0.05, 0) is 94.2 Å². The molecule has 0 atom stereocenters. The van der Waals surface area contributed by atoms with E-state index in [0.717, 1.165) is 0 Å². The van der Waals surface area contributed by atoms with E-state index in [-0.39, 0.29) is 36.6 Å². The zero-order valence-corrected chi connectivity index (χ0v) is 21.9. The Bertz CT molecular complexity index is 400. The third-order valence-electron chi connectivity index (χ3n) is 2.71. The molecule has 0 saturated carbocycles. The summed E-state index contributed by atoms with van der Waals surface area (Å²) in [4.78, 5) is 0. The maximum absolute atomic E-state index is 6.15. The monoisotopic (exact) mass is 434 g/mol. The highest BCUT2D eigenvalue weighted by molar-refractivity contribution is 6.75. The number of hydrogen-bond donors (Lipinski definition) is 0. The summed E-state index contributed by atoms with van der Waals surface area (Å²) in [5.41, 5.74) is 6.39. The predicted octanol–water partition coefficient (Wildman–Crippen LogP) is 4.50. The minimum atomic E-state index is -3.31. The summed E-state index contributed by atoms with van der Waals surface area (Å²) < 4.78 is 36.9. The van der Waals surface area contributed by atoms with E-state index in [1.54, 1.807) is 0 Å². The summed E-state index contributed by atoms with van der Waals surface area (Å²) in [6.45, 7) is 23.3. The summed E-state index contributed by atoms with van der Waals surface area (Å²) in [7, 11) is -6.63. The minimum absolute atomic E-state index is 0.0995. The van der Waals surface area contributed by atoms with Crippen LogP contribution < -0.4 is 0 Å². The third-order valence-corrected chi connectivity index (χ3v) is 8.52. The lowest BCUT2D eigenvalue weighted by Gasteiger charge is -2.32. The molecule has 0 N–H and O–H groups in total. The van der Waals surface area contributed by atoms with Gasteiger partial charge >= 0.3 is 17.6 Å². The van der Waals surface area contributed by atoms with Gasteiger partial charge in [0.05, 0.1) is 0 Å². The molecule has 0 aliphatic carbocycles. The Kier molecular flexibility index (Phi) is 12.3. The van der Waals surface area contributed by atoms with Crippen molar-refractivity contribution in [3.05, 3.63) is 0 Å². The van der Waals surface area contributed by atoms with Crippen molar-refractivity contribution in [1.29, 1.82) is 0 Å². The van der Waals surface area contributed by atoms with Crippen LogP contribution >= 0.6 is 0 Å². The smallest absolute Gasteiger partial charge is 0.361 e. The number of hydrogen-bond acceptors (Lipinski definition) is 6. The third kappa shape index (κ3) is 11.7.